The van der Waals surface area contributed by atoms with Crippen LogP contribution >= 0.6 is 27.5 Å². The lowest BCUT2D eigenvalue weighted by atomic mass is 9.91. The van der Waals surface area contributed by atoms with E-state index in [4.69, 9.17) is 11.6 Å². The minimum absolute atomic E-state index is 0.0374. The van der Waals surface area contributed by atoms with Crippen LogP contribution in [0.25, 0.3) is 0 Å². The van der Waals surface area contributed by atoms with Crippen molar-refractivity contribution in [2.24, 2.45) is 5.92 Å². The summed E-state index contributed by atoms with van der Waals surface area (Å²) in [6.45, 7) is 0.850. The van der Waals surface area contributed by atoms with Gasteiger partial charge in [-0.1, -0.05) is 18.0 Å². The molecule has 2 atom stereocenters. The summed E-state index contributed by atoms with van der Waals surface area (Å²) in [4.78, 5) is 18.8. The average Bonchev–Trinajstić information content (AvgIpc) is 2.89. The molecule has 1 aromatic rings. The summed E-state index contributed by atoms with van der Waals surface area (Å²) in [5.74, 6) is 0.729. The van der Waals surface area contributed by atoms with Crippen LogP contribution in [0.1, 0.15) is 42.5 Å². The summed E-state index contributed by atoms with van der Waals surface area (Å²) in [5.41, 5.74) is 0.517. The van der Waals surface area contributed by atoms with Crippen molar-refractivity contribution in [1.29, 1.82) is 0 Å². The fourth-order valence-electron chi connectivity index (χ4n) is 3.43. The third-order valence-corrected chi connectivity index (χ3v) is 5.03. The molecule has 2 fully saturated rings. The Morgan fingerprint density at radius 2 is 2.16 bits per heavy atom. The van der Waals surface area contributed by atoms with Crippen molar-refractivity contribution >= 4 is 33.4 Å². The van der Waals surface area contributed by atoms with E-state index in [0.29, 0.717) is 22.7 Å². The van der Waals surface area contributed by atoms with Crippen molar-refractivity contribution in [3.63, 3.8) is 0 Å². The molecule has 0 radical (unpaired) electrons. The number of rotatable bonds is 1. The molecule has 2 aliphatic rings. The molecular weight excluding hydrogens is 328 g/mol. The summed E-state index contributed by atoms with van der Waals surface area (Å²) in [7, 11) is 0. The number of fused-ring (bicyclic) bond motifs is 1. The van der Waals surface area contributed by atoms with Crippen LogP contribution in [0.5, 0.6) is 0 Å². The maximum Gasteiger partial charge on any atom is 0.257 e. The predicted octanol–water partition coefficient (Wildman–Crippen LogP) is 3.90. The molecule has 2 heterocycles. The Balaban J connectivity index is 1.88. The monoisotopic (exact) mass is 342 g/mol. The van der Waals surface area contributed by atoms with E-state index >= 15 is 0 Å². The Hall–Kier alpha value is -0.610. The highest BCUT2D eigenvalue weighted by atomic mass is 79.9. The van der Waals surface area contributed by atoms with Gasteiger partial charge < -0.3 is 4.90 Å². The first kappa shape index (κ1) is 13.4. The van der Waals surface area contributed by atoms with Gasteiger partial charge >= 0.3 is 0 Å². The third-order valence-electron chi connectivity index (χ3n) is 4.29. The maximum atomic E-state index is 12.7. The number of halogens is 2. The quantitative estimate of drug-likeness (QED) is 0.725. The Morgan fingerprint density at radius 3 is 3.00 bits per heavy atom. The van der Waals surface area contributed by atoms with Gasteiger partial charge in [0.1, 0.15) is 5.15 Å². The van der Waals surface area contributed by atoms with Crippen molar-refractivity contribution in [2.75, 3.05) is 6.54 Å². The van der Waals surface area contributed by atoms with Crippen molar-refractivity contribution in [2.45, 2.75) is 38.1 Å². The van der Waals surface area contributed by atoms with Gasteiger partial charge in [0.2, 0.25) is 0 Å². The van der Waals surface area contributed by atoms with Crippen molar-refractivity contribution < 1.29 is 4.79 Å². The standard InChI is InChI=1S/C14H16BrClN2O/c15-10-7-11(13(16)17-8-10)14(19)18-6-2-4-9-3-1-5-12(9)18/h7-9,12H,1-6H2. The van der Waals surface area contributed by atoms with Gasteiger partial charge in [0.05, 0.1) is 5.56 Å². The highest BCUT2D eigenvalue weighted by Gasteiger charge is 2.38. The zero-order valence-electron chi connectivity index (χ0n) is 10.6. The van der Waals surface area contributed by atoms with Gasteiger partial charge in [0.15, 0.2) is 0 Å². The molecule has 2 unspecified atom stereocenters. The molecular formula is C14H16BrClN2O. The number of carbonyl (C=O) groups excluding carboxylic acids is 1. The van der Waals surface area contributed by atoms with Gasteiger partial charge in [-0.2, -0.15) is 0 Å². The fraction of sp³-hybridized carbons (Fsp3) is 0.571. The van der Waals surface area contributed by atoms with Gasteiger partial charge in [-0.05, 0) is 53.6 Å². The van der Waals surface area contributed by atoms with Crippen LogP contribution in [0.3, 0.4) is 0 Å². The summed E-state index contributed by atoms with van der Waals surface area (Å²) < 4.78 is 0.792. The Labute approximate surface area is 126 Å². The topological polar surface area (TPSA) is 33.2 Å². The number of pyridine rings is 1. The molecule has 0 spiro atoms. The molecule has 0 aromatic carbocycles. The van der Waals surface area contributed by atoms with Gasteiger partial charge in [0.25, 0.3) is 5.91 Å². The SMILES string of the molecule is O=C(c1cc(Br)cnc1Cl)N1CCCC2CCCC21. The Kier molecular flexibility index (Phi) is 3.81. The minimum Gasteiger partial charge on any atom is -0.335 e. The van der Waals surface area contributed by atoms with Crippen LogP contribution in [0.15, 0.2) is 16.7 Å². The molecule has 5 heteroatoms. The molecule has 102 valence electrons. The lowest BCUT2D eigenvalue weighted by molar-refractivity contribution is 0.0548. The van der Waals surface area contributed by atoms with Gasteiger partial charge in [0, 0.05) is 23.3 Å². The zero-order valence-corrected chi connectivity index (χ0v) is 13.0. The minimum atomic E-state index is 0.0374. The van der Waals surface area contributed by atoms with Gasteiger partial charge in [-0.3, -0.25) is 4.79 Å². The first-order valence-corrected chi connectivity index (χ1v) is 7.96. The lowest BCUT2D eigenvalue weighted by Gasteiger charge is -2.37. The summed E-state index contributed by atoms with van der Waals surface area (Å²) >= 11 is 9.43. The molecule has 1 aliphatic carbocycles. The highest BCUT2D eigenvalue weighted by Crippen LogP contribution is 2.37. The van der Waals surface area contributed by atoms with Gasteiger partial charge in [-0.15, -0.1) is 0 Å². The molecule has 1 amide bonds. The fourth-order valence-corrected chi connectivity index (χ4v) is 3.95. The van der Waals surface area contributed by atoms with Gasteiger partial charge in [-0.25, -0.2) is 4.98 Å². The Morgan fingerprint density at radius 1 is 1.37 bits per heavy atom. The number of aromatic nitrogens is 1. The van der Waals surface area contributed by atoms with E-state index in [0.717, 1.165) is 23.9 Å². The lowest BCUT2D eigenvalue weighted by Crippen LogP contribution is -2.46. The molecule has 1 saturated heterocycles. The second-order valence-corrected chi connectivity index (χ2v) is 6.66. The molecule has 0 bridgehead atoms. The van der Waals surface area contributed by atoms with E-state index in [9.17, 15) is 4.79 Å². The zero-order chi connectivity index (χ0) is 13.4. The summed E-state index contributed by atoms with van der Waals surface area (Å²) in [6, 6.07) is 2.19. The molecule has 1 aliphatic heterocycles. The number of hydrogen-bond acceptors (Lipinski definition) is 2. The molecule has 0 N–H and O–H groups in total. The van der Waals surface area contributed by atoms with Crippen LogP contribution in [0, 0.1) is 5.92 Å². The second-order valence-electron chi connectivity index (χ2n) is 5.39. The van der Waals surface area contributed by atoms with Crippen LogP contribution in [0.2, 0.25) is 5.15 Å². The number of amides is 1. The highest BCUT2D eigenvalue weighted by molar-refractivity contribution is 9.10. The van der Waals surface area contributed by atoms with E-state index in [1.54, 1.807) is 12.3 Å². The largest absolute Gasteiger partial charge is 0.335 e. The molecule has 1 aromatic heterocycles. The van der Waals surface area contributed by atoms with Crippen LogP contribution in [0.4, 0.5) is 0 Å². The van der Waals surface area contributed by atoms with Crippen molar-refractivity contribution in [3.8, 4) is 0 Å². The van der Waals surface area contributed by atoms with E-state index in [1.165, 1.54) is 19.3 Å². The van der Waals surface area contributed by atoms with Crippen LogP contribution < -0.4 is 0 Å². The third kappa shape index (κ3) is 2.52. The number of carbonyl (C=O) groups is 1. The predicted molar refractivity (Wildman–Crippen MR) is 78.3 cm³/mol. The van der Waals surface area contributed by atoms with E-state index < -0.39 is 0 Å². The molecule has 3 nitrogen and oxygen atoms in total. The first-order valence-electron chi connectivity index (χ1n) is 6.79. The molecule has 1 saturated carbocycles. The number of piperidine rings is 1. The second kappa shape index (κ2) is 5.41. The average molecular weight is 344 g/mol. The first-order chi connectivity index (χ1) is 9.16. The summed E-state index contributed by atoms with van der Waals surface area (Å²) in [6.07, 6.45) is 7.62. The Bertz CT molecular complexity index is 508. The van der Waals surface area contributed by atoms with E-state index in [-0.39, 0.29) is 5.91 Å². The van der Waals surface area contributed by atoms with E-state index in [1.807, 2.05) is 4.90 Å². The maximum absolute atomic E-state index is 12.7. The smallest absolute Gasteiger partial charge is 0.257 e. The van der Waals surface area contributed by atoms with Crippen molar-refractivity contribution in [1.82, 2.24) is 9.88 Å². The number of nitrogens with zero attached hydrogens (tertiary/aromatic N) is 2. The molecule has 19 heavy (non-hydrogen) atoms. The number of hydrogen-bond donors (Lipinski definition) is 0. The molecule has 3 rings (SSSR count). The normalized spacial score (nSPS) is 26.3. The van der Waals surface area contributed by atoms with Crippen LogP contribution in [-0.4, -0.2) is 28.4 Å². The summed E-state index contributed by atoms with van der Waals surface area (Å²) in [5, 5.41) is 0.299. The van der Waals surface area contributed by atoms with Crippen LogP contribution in [-0.2, 0) is 0 Å². The number of likely N-dealkylation sites (tertiary alicyclic amines) is 1. The van der Waals surface area contributed by atoms with Crippen molar-refractivity contribution in [3.05, 3.63) is 27.5 Å². The van der Waals surface area contributed by atoms with E-state index in [2.05, 4.69) is 20.9 Å².